The molecule has 32 heavy (non-hydrogen) atoms. The van der Waals surface area contributed by atoms with Crippen LogP contribution < -0.4 is 10.1 Å². The Morgan fingerprint density at radius 2 is 1.84 bits per heavy atom. The molecule has 0 bridgehead atoms. The van der Waals surface area contributed by atoms with Crippen LogP contribution in [-0.4, -0.2) is 45.6 Å². The highest BCUT2D eigenvalue weighted by Gasteiger charge is 2.23. The largest absolute Gasteiger partial charge is 0.497 e. The Hall–Kier alpha value is -4.40. The first-order chi connectivity index (χ1) is 15.6. The summed E-state index contributed by atoms with van der Waals surface area (Å²) >= 11 is 0. The van der Waals surface area contributed by atoms with Gasteiger partial charge in [0.1, 0.15) is 17.0 Å². The summed E-state index contributed by atoms with van der Waals surface area (Å²) in [6.45, 7) is 1.91. The molecule has 1 amide bonds. The van der Waals surface area contributed by atoms with Crippen molar-refractivity contribution < 1.29 is 19.1 Å². The highest BCUT2D eigenvalue weighted by atomic mass is 16.5. The van der Waals surface area contributed by atoms with Gasteiger partial charge in [-0.05, 0) is 49.4 Å². The van der Waals surface area contributed by atoms with Crippen molar-refractivity contribution in [3.8, 4) is 22.7 Å². The second-order valence-electron chi connectivity index (χ2n) is 6.72. The number of ether oxygens (including phenoxy) is 2. The second kappa shape index (κ2) is 9.17. The quantitative estimate of drug-likeness (QED) is 0.432. The van der Waals surface area contributed by atoms with Crippen molar-refractivity contribution in [1.82, 2.24) is 20.0 Å². The molecule has 0 saturated heterocycles. The van der Waals surface area contributed by atoms with E-state index in [0.29, 0.717) is 11.4 Å². The zero-order valence-corrected chi connectivity index (χ0v) is 17.5. The fraction of sp³-hybridized carbons (Fsp3) is 0.130. The lowest BCUT2D eigenvalue weighted by molar-refractivity contribution is 0.0527. The summed E-state index contributed by atoms with van der Waals surface area (Å²) < 4.78 is 11.8. The van der Waals surface area contributed by atoms with E-state index in [1.54, 1.807) is 20.1 Å². The van der Waals surface area contributed by atoms with Gasteiger partial charge in [-0.15, -0.1) is 0 Å². The molecule has 2 aromatic carbocycles. The Labute approximate surface area is 184 Å². The third-order valence-corrected chi connectivity index (χ3v) is 4.71. The number of esters is 1. The number of nitrogens with zero attached hydrogens (tertiary/aromatic N) is 3. The van der Waals surface area contributed by atoms with Gasteiger partial charge >= 0.3 is 5.97 Å². The van der Waals surface area contributed by atoms with Crippen molar-refractivity contribution in [2.75, 3.05) is 19.0 Å². The minimum atomic E-state index is -0.575. The summed E-state index contributed by atoms with van der Waals surface area (Å²) in [5, 5.41) is 14.0. The molecular formula is C23H21N5O4. The number of anilines is 1. The lowest BCUT2D eigenvalue weighted by atomic mass is 10.1. The van der Waals surface area contributed by atoms with Crippen LogP contribution in [0.1, 0.15) is 27.8 Å². The minimum absolute atomic E-state index is 0.152. The fourth-order valence-corrected chi connectivity index (χ4v) is 3.11. The van der Waals surface area contributed by atoms with E-state index in [2.05, 4.69) is 20.6 Å². The fourth-order valence-electron chi connectivity index (χ4n) is 3.11. The number of aromatic nitrogens is 4. The van der Waals surface area contributed by atoms with Crippen LogP contribution in [0.3, 0.4) is 0 Å². The van der Waals surface area contributed by atoms with Gasteiger partial charge in [0.05, 0.1) is 31.3 Å². The number of carbonyl (C=O) groups excluding carboxylic acids is 2. The molecular weight excluding hydrogens is 410 g/mol. The van der Waals surface area contributed by atoms with E-state index in [9.17, 15) is 9.59 Å². The number of rotatable bonds is 7. The Morgan fingerprint density at radius 1 is 1.09 bits per heavy atom. The SMILES string of the molecule is CCOC(=O)c1cnn(-c2ccccc2)c1NC(=O)c1cc(-c2ccc(OC)cc2)n[nH]1. The maximum Gasteiger partial charge on any atom is 0.343 e. The number of carbonyl (C=O) groups is 2. The van der Waals surface area contributed by atoms with Crippen LogP contribution in [-0.2, 0) is 4.74 Å². The lowest BCUT2D eigenvalue weighted by Gasteiger charge is -2.10. The average Bonchev–Trinajstić information content (AvgIpc) is 3.48. The maximum absolute atomic E-state index is 13.0. The third-order valence-electron chi connectivity index (χ3n) is 4.71. The summed E-state index contributed by atoms with van der Waals surface area (Å²) in [6.07, 6.45) is 1.37. The van der Waals surface area contributed by atoms with Gasteiger partial charge in [0.15, 0.2) is 5.82 Å². The third kappa shape index (κ3) is 4.22. The first-order valence-electron chi connectivity index (χ1n) is 9.92. The molecule has 9 heteroatoms. The molecule has 2 aromatic heterocycles. The molecule has 162 valence electrons. The van der Waals surface area contributed by atoms with E-state index in [0.717, 1.165) is 11.3 Å². The Balaban J connectivity index is 1.63. The van der Waals surface area contributed by atoms with Crippen LogP contribution in [0, 0.1) is 0 Å². The molecule has 4 aromatic rings. The Kier molecular flexibility index (Phi) is 5.98. The van der Waals surface area contributed by atoms with Crippen LogP contribution in [0.15, 0.2) is 66.9 Å². The molecule has 0 aliphatic heterocycles. The number of hydrogen-bond acceptors (Lipinski definition) is 6. The maximum atomic E-state index is 13.0. The van der Waals surface area contributed by atoms with Crippen molar-refractivity contribution in [2.24, 2.45) is 0 Å². The van der Waals surface area contributed by atoms with E-state index in [1.807, 2.05) is 54.6 Å². The van der Waals surface area contributed by atoms with Gasteiger partial charge in [0.2, 0.25) is 0 Å². The smallest absolute Gasteiger partial charge is 0.343 e. The number of nitrogens with one attached hydrogen (secondary N) is 2. The number of H-pyrrole nitrogens is 1. The molecule has 9 nitrogen and oxygen atoms in total. The Morgan fingerprint density at radius 3 is 2.53 bits per heavy atom. The topological polar surface area (TPSA) is 111 Å². The molecule has 0 atom stereocenters. The van der Waals surface area contributed by atoms with E-state index in [1.165, 1.54) is 10.9 Å². The molecule has 0 aliphatic carbocycles. The molecule has 0 saturated carbocycles. The van der Waals surface area contributed by atoms with Crippen LogP contribution in [0.4, 0.5) is 5.82 Å². The molecule has 0 radical (unpaired) electrons. The zero-order chi connectivity index (χ0) is 22.5. The van der Waals surface area contributed by atoms with E-state index < -0.39 is 11.9 Å². The molecule has 4 rings (SSSR count). The van der Waals surface area contributed by atoms with Crippen LogP contribution >= 0.6 is 0 Å². The minimum Gasteiger partial charge on any atom is -0.497 e. The summed E-state index contributed by atoms with van der Waals surface area (Å²) in [7, 11) is 1.59. The summed E-state index contributed by atoms with van der Waals surface area (Å²) in [6, 6.07) is 18.1. The van der Waals surface area contributed by atoms with Gasteiger partial charge in [-0.25, -0.2) is 9.48 Å². The average molecular weight is 431 g/mol. The standard InChI is InChI=1S/C23H21N5O4/c1-3-32-23(30)18-14-24-28(16-7-5-4-6-8-16)21(18)25-22(29)20-13-19(26-27-20)15-9-11-17(31-2)12-10-15/h4-14H,3H2,1-2H3,(H,25,29)(H,26,27). The van der Waals surface area contributed by atoms with Gasteiger partial charge in [0, 0.05) is 5.56 Å². The number of hydrogen-bond donors (Lipinski definition) is 2. The van der Waals surface area contributed by atoms with Gasteiger partial charge in [-0.2, -0.15) is 10.2 Å². The van der Waals surface area contributed by atoms with E-state index in [4.69, 9.17) is 9.47 Å². The zero-order valence-electron chi connectivity index (χ0n) is 17.5. The van der Waals surface area contributed by atoms with Crippen molar-refractivity contribution in [3.63, 3.8) is 0 Å². The van der Waals surface area contributed by atoms with Crippen molar-refractivity contribution in [2.45, 2.75) is 6.92 Å². The van der Waals surface area contributed by atoms with Crippen LogP contribution in [0.2, 0.25) is 0 Å². The number of benzene rings is 2. The molecule has 2 N–H and O–H groups in total. The Bertz CT molecular complexity index is 1230. The molecule has 0 fully saturated rings. The molecule has 2 heterocycles. The summed E-state index contributed by atoms with van der Waals surface area (Å²) in [5.41, 5.74) is 2.48. The van der Waals surface area contributed by atoms with Crippen molar-refractivity contribution >= 4 is 17.7 Å². The van der Waals surface area contributed by atoms with Gasteiger partial charge in [-0.3, -0.25) is 9.89 Å². The number of para-hydroxylation sites is 1. The first kappa shape index (κ1) is 20.9. The lowest BCUT2D eigenvalue weighted by Crippen LogP contribution is -2.18. The molecule has 0 unspecified atom stereocenters. The number of amides is 1. The summed E-state index contributed by atoms with van der Waals surface area (Å²) in [4.78, 5) is 25.4. The monoisotopic (exact) mass is 431 g/mol. The second-order valence-corrected chi connectivity index (χ2v) is 6.72. The van der Waals surface area contributed by atoms with Crippen molar-refractivity contribution in [3.05, 3.63) is 78.1 Å². The predicted octanol–water partition coefficient (Wildman–Crippen LogP) is 3.70. The van der Waals surface area contributed by atoms with Crippen LogP contribution in [0.25, 0.3) is 16.9 Å². The molecule has 0 aliphatic rings. The first-order valence-corrected chi connectivity index (χ1v) is 9.92. The van der Waals surface area contributed by atoms with Gasteiger partial charge < -0.3 is 14.8 Å². The van der Waals surface area contributed by atoms with Crippen LogP contribution in [0.5, 0.6) is 5.75 Å². The normalized spacial score (nSPS) is 10.6. The van der Waals surface area contributed by atoms with E-state index >= 15 is 0 Å². The number of methoxy groups -OCH3 is 1. The van der Waals surface area contributed by atoms with Crippen molar-refractivity contribution in [1.29, 1.82) is 0 Å². The highest BCUT2D eigenvalue weighted by molar-refractivity contribution is 6.07. The highest BCUT2D eigenvalue weighted by Crippen LogP contribution is 2.24. The van der Waals surface area contributed by atoms with Gasteiger partial charge in [0.25, 0.3) is 5.91 Å². The number of aromatic amines is 1. The van der Waals surface area contributed by atoms with E-state index in [-0.39, 0.29) is 23.7 Å². The molecule has 0 spiro atoms. The van der Waals surface area contributed by atoms with Gasteiger partial charge in [-0.1, -0.05) is 18.2 Å². The predicted molar refractivity (Wildman–Crippen MR) is 118 cm³/mol. The summed E-state index contributed by atoms with van der Waals surface area (Å²) in [5.74, 6) is -0.114.